The number of aliphatic carboxylic acids is 1. The average molecular weight is 300 g/mol. The quantitative estimate of drug-likeness (QED) is 0.883. The zero-order valence-electron chi connectivity index (χ0n) is 13.7. The van der Waals surface area contributed by atoms with Crippen molar-refractivity contribution in [3.63, 3.8) is 0 Å². The van der Waals surface area contributed by atoms with Gasteiger partial charge in [0.15, 0.2) is 0 Å². The summed E-state index contributed by atoms with van der Waals surface area (Å²) in [6, 6.07) is 6.30. The number of hydrogen-bond acceptors (Lipinski definition) is 2. The summed E-state index contributed by atoms with van der Waals surface area (Å²) in [5.41, 5.74) is 3.78. The maximum atomic E-state index is 11.3. The molecule has 1 heterocycles. The van der Waals surface area contributed by atoms with E-state index in [1.165, 1.54) is 16.7 Å². The third kappa shape index (κ3) is 3.21. The van der Waals surface area contributed by atoms with Crippen LogP contribution in [0.15, 0.2) is 30.6 Å². The molecule has 4 heteroatoms. The Morgan fingerprint density at radius 1 is 1.36 bits per heavy atom. The summed E-state index contributed by atoms with van der Waals surface area (Å²) in [6.45, 7) is 8.73. The zero-order valence-corrected chi connectivity index (χ0v) is 13.7. The summed E-state index contributed by atoms with van der Waals surface area (Å²) in [5, 5.41) is 9.27. The highest BCUT2D eigenvalue weighted by Gasteiger charge is 2.21. The van der Waals surface area contributed by atoms with E-state index < -0.39 is 5.97 Å². The summed E-state index contributed by atoms with van der Waals surface area (Å²) in [6.07, 6.45) is 4.25. The van der Waals surface area contributed by atoms with Crippen LogP contribution in [0.5, 0.6) is 0 Å². The summed E-state index contributed by atoms with van der Waals surface area (Å²) < 4.78 is 1.98. The Balaban J connectivity index is 2.32. The standard InChI is InChI=1S/C18H24N2O2/c1-5-15(18(21)22)11-20-10-9-19-17(20)14(4)16-8-6-7-12(2)13(16)3/h6-10,14-15H,5,11H2,1-4H3,(H,21,22). The minimum atomic E-state index is -0.749. The molecule has 1 aromatic carbocycles. The summed E-state index contributed by atoms with van der Waals surface area (Å²) in [7, 11) is 0. The van der Waals surface area contributed by atoms with Crippen molar-refractivity contribution in [1.29, 1.82) is 0 Å². The van der Waals surface area contributed by atoms with E-state index in [0.717, 1.165) is 5.82 Å². The number of aromatic nitrogens is 2. The van der Waals surface area contributed by atoms with Crippen molar-refractivity contribution in [2.45, 2.75) is 46.6 Å². The predicted octanol–water partition coefficient (Wildman–Crippen LogP) is 3.76. The van der Waals surface area contributed by atoms with Gasteiger partial charge in [-0.1, -0.05) is 32.0 Å². The van der Waals surface area contributed by atoms with Crippen LogP contribution >= 0.6 is 0 Å². The monoisotopic (exact) mass is 300 g/mol. The Morgan fingerprint density at radius 3 is 2.73 bits per heavy atom. The van der Waals surface area contributed by atoms with Crippen molar-refractivity contribution in [3.05, 3.63) is 53.1 Å². The zero-order chi connectivity index (χ0) is 16.3. The topological polar surface area (TPSA) is 55.1 Å². The van der Waals surface area contributed by atoms with E-state index >= 15 is 0 Å². The largest absolute Gasteiger partial charge is 0.481 e. The number of carboxylic acid groups (broad SMARTS) is 1. The molecule has 2 rings (SSSR count). The Morgan fingerprint density at radius 2 is 2.09 bits per heavy atom. The number of imidazole rings is 1. The smallest absolute Gasteiger partial charge is 0.308 e. The third-order valence-electron chi connectivity index (χ3n) is 4.51. The number of carboxylic acids is 1. The number of rotatable bonds is 6. The van der Waals surface area contributed by atoms with E-state index in [1.807, 2.05) is 17.7 Å². The summed E-state index contributed by atoms with van der Waals surface area (Å²) in [4.78, 5) is 15.8. The van der Waals surface area contributed by atoms with Crippen LogP contribution in [-0.4, -0.2) is 20.6 Å². The first-order valence-corrected chi connectivity index (χ1v) is 7.75. The van der Waals surface area contributed by atoms with E-state index in [-0.39, 0.29) is 11.8 Å². The van der Waals surface area contributed by atoms with Crippen LogP contribution in [0.1, 0.15) is 48.7 Å². The Labute approximate surface area is 131 Å². The van der Waals surface area contributed by atoms with Crippen molar-refractivity contribution < 1.29 is 9.90 Å². The van der Waals surface area contributed by atoms with E-state index in [9.17, 15) is 9.90 Å². The van der Waals surface area contributed by atoms with Crippen molar-refractivity contribution in [2.75, 3.05) is 0 Å². The summed E-state index contributed by atoms with van der Waals surface area (Å²) >= 11 is 0. The van der Waals surface area contributed by atoms with Gasteiger partial charge in [-0.25, -0.2) is 4.98 Å². The second kappa shape index (κ2) is 6.77. The molecule has 0 bridgehead atoms. The molecule has 22 heavy (non-hydrogen) atoms. The highest BCUT2D eigenvalue weighted by molar-refractivity contribution is 5.69. The molecule has 2 atom stereocenters. The molecule has 1 N–H and O–H groups in total. The molecule has 1 aromatic heterocycles. The van der Waals surface area contributed by atoms with Gasteiger partial charge in [0.2, 0.25) is 0 Å². The molecular formula is C18H24N2O2. The van der Waals surface area contributed by atoms with Gasteiger partial charge in [-0.05, 0) is 37.0 Å². The maximum absolute atomic E-state index is 11.3. The van der Waals surface area contributed by atoms with Crippen molar-refractivity contribution in [1.82, 2.24) is 9.55 Å². The lowest BCUT2D eigenvalue weighted by molar-refractivity contribution is -0.142. The van der Waals surface area contributed by atoms with Crippen molar-refractivity contribution >= 4 is 5.97 Å². The highest BCUT2D eigenvalue weighted by Crippen LogP contribution is 2.27. The number of nitrogens with zero attached hydrogens (tertiary/aromatic N) is 2. The molecule has 0 radical (unpaired) electrons. The lowest BCUT2D eigenvalue weighted by Crippen LogP contribution is -2.21. The van der Waals surface area contributed by atoms with Gasteiger partial charge in [0, 0.05) is 24.9 Å². The number of benzene rings is 1. The fourth-order valence-corrected chi connectivity index (χ4v) is 2.86. The normalized spacial score (nSPS) is 13.8. The molecule has 0 aliphatic heterocycles. The molecule has 0 saturated carbocycles. The average Bonchev–Trinajstić information content (AvgIpc) is 2.94. The molecule has 0 aliphatic rings. The second-order valence-corrected chi connectivity index (χ2v) is 5.89. The third-order valence-corrected chi connectivity index (χ3v) is 4.51. The van der Waals surface area contributed by atoms with Gasteiger partial charge in [0.1, 0.15) is 5.82 Å². The van der Waals surface area contributed by atoms with Gasteiger partial charge < -0.3 is 9.67 Å². The van der Waals surface area contributed by atoms with E-state index in [4.69, 9.17) is 0 Å². The van der Waals surface area contributed by atoms with Crippen LogP contribution < -0.4 is 0 Å². The first-order valence-electron chi connectivity index (χ1n) is 7.75. The lowest BCUT2D eigenvalue weighted by atomic mass is 9.93. The Bertz CT molecular complexity index is 661. The molecule has 2 aromatic rings. The molecule has 0 fully saturated rings. The van der Waals surface area contributed by atoms with Crippen LogP contribution in [0.3, 0.4) is 0 Å². The first-order chi connectivity index (χ1) is 10.5. The molecule has 0 aliphatic carbocycles. The number of carbonyl (C=O) groups is 1. The Kier molecular flexibility index (Phi) is 5.01. The molecule has 2 unspecified atom stereocenters. The van der Waals surface area contributed by atoms with Crippen molar-refractivity contribution in [3.8, 4) is 0 Å². The Hall–Kier alpha value is -2.10. The van der Waals surface area contributed by atoms with Crippen molar-refractivity contribution in [2.24, 2.45) is 5.92 Å². The van der Waals surface area contributed by atoms with E-state index in [0.29, 0.717) is 13.0 Å². The highest BCUT2D eigenvalue weighted by atomic mass is 16.4. The van der Waals surface area contributed by atoms with Crippen LogP contribution in [0.25, 0.3) is 0 Å². The van der Waals surface area contributed by atoms with E-state index in [1.54, 1.807) is 6.20 Å². The molecule has 0 amide bonds. The minimum absolute atomic E-state index is 0.140. The maximum Gasteiger partial charge on any atom is 0.308 e. The van der Waals surface area contributed by atoms with Gasteiger partial charge in [0.05, 0.1) is 5.92 Å². The second-order valence-electron chi connectivity index (χ2n) is 5.89. The molecule has 4 nitrogen and oxygen atoms in total. The van der Waals surface area contributed by atoms with Gasteiger partial charge >= 0.3 is 5.97 Å². The van der Waals surface area contributed by atoms with Gasteiger partial charge in [-0.2, -0.15) is 0 Å². The van der Waals surface area contributed by atoms with Crippen LogP contribution in [0, 0.1) is 19.8 Å². The predicted molar refractivity (Wildman–Crippen MR) is 87.1 cm³/mol. The van der Waals surface area contributed by atoms with Gasteiger partial charge in [-0.15, -0.1) is 0 Å². The lowest BCUT2D eigenvalue weighted by Gasteiger charge is -2.19. The van der Waals surface area contributed by atoms with Crippen LogP contribution in [0.2, 0.25) is 0 Å². The van der Waals surface area contributed by atoms with Gasteiger partial charge in [-0.3, -0.25) is 4.79 Å². The minimum Gasteiger partial charge on any atom is -0.481 e. The molecule has 0 spiro atoms. The van der Waals surface area contributed by atoms with Crippen LogP contribution in [-0.2, 0) is 11.3 Å². The number of aryl methyl sites for hydroxylation is 1. The fraction of sp³-hybridized carbons (Fsp3) is 0.444. The molecule has 0 saturated heterocycles. The fourth-order valence-electron chi connectivity index (χ4n) is 2.86. The molecular weight excluding hydrogens is 276 g/mol. The van der Waals surface area contributed by atoms with E-state index in [2.05, 4.69) is 44.0 Å². The SMILES string of the molecule is CCC(Cn1ccnc1C(C)c1cccc(C)c1C)C(=O)O. The summed E-state index contributed by atoms with van der Waals surface area (Å²) in [5.74, 6) is -0.0603. The van der Waals surface area contributed by atoms with Crippen LogP contribution in [0.4, 0.5) is 0 Å². The first kappa shape index (κ1) is 16.3. The number of hydrogen-bond donors (Lipinski definition) is 1. The van der Waals surface area contributed by atoms with Gasteiger partial charge in [0.25, 0.3) is 0 Å². The molecule has 118 valence electrons.